The minimum atomic E-state index is -0.887. The summed E-state index contributed by atoms with van der Waals surface area (Å²) >= 11 is 0. The van der Waals surface area contributed by atoms with E-state index in [-0.39, 0.29) is 13.0 Å². The molecule has 66 valence electrons. The number of ether oxygens (including phenoxy) is 1. The minimum absolute atomic E-state index is 0.173. The van der Waals surface area contributed by atoms with Gasteiger partial charge in [-0.3, -0.25) is 0 Å². The van der Waals surface area contributed by atoms with Crippen LogP contribution in [0.2, 0.25) is 0 Å². The molecule has 1 heterocycles. The van der Waals surface area contributed by atoms with Crippen LogP contribution in [0.25, 0.3) is 0 Å². The van der Waals surface area contributed by atoms with Crippen molar-refractivity contribution in [2.45, 2.75) is 31.0 Å². The highest BCUT2D eigenvalue weighted by Crippen LogP contribution is 2.16. The highest BCUT2D eigenvalue weighted by molar-refractivity contribution is 4.85. The van der Waals surface area contributed by atoms with Crippen LogP contribution in [0.1, 0.15) is 6.42 Å². The van der Waals surface area contributed by atoms with Gasteiger partial charge >= 0.3 is 0 Å². The molecule has 5 nitrogen and oxygen atoms in total. The first kappa shape index (κ1) is 8.89. The van der Waals surface area contributed by atoms with Crippen LogP contribution >= 0.6 is 0 Å². The fourth-order valence-corrected chi connectivity index (χ4v) is 1.18. The van der Waals surface area contributed by atoms with Gasteiger partial charge in [-0.15, -0.1) is 0 Å². The van der Waals surface area contributed by atoms with Gasteiger partial charge in [0, 0.05) is 19.0 Å². The van der Waals surface area contributed by atoms with Gasteiger partial charge in [0.25, 0.3) is 0 Å². The van der Waals surface area contributed by atoms with E-state index in [1.54, 1.807) is 0 Å². The van der Waals surface area contributed by atoms with Gasteiger partial charge in [0.1, 0.15) is 6.10 Å². The third-order valence-electron chi connectivity index (χ3n) is 1.86. The minimum Gasteiger partial charge on any atom is -0.389 e. The van der Waals surface area contributed by atoms with E-state index >= 15 is 0 Å². The Hall–Kier alpha value is -0.200. The number of nitrogens with two attached hydrogens (primary N) is 2. The van der Waals surface area contributed by atoms with Crippen LogP contribution in [0.15, 0.2) is 0 Å². The summed E-state index contributed by atoms with van der Waals surface area (Å²) in [5, 5.41) is 18.3. The molecule has 0 radical (unpaired) electrons. The van der Waals surface area contributed by atoms with E-state index in [2.05, 4.69) is 0 Å². The largest absolute Gasteiger partial charge is 0.389 e. The summed E-state index contributed by atoms with van der Waals surface area (Å²) in [6.07, 6.45) is -1.92. The van der Waals surface area contributed by atoms with E-state index in [4.69, 9.17) is 21.3 Å². The first-order valence-electron chi connectivity index (χ1n) is 3.62. The summed E-state index contributed by atoms with van der Waals surface area (Å²) in [6.45, 7) is 0.173. The molecule has 4 atom stereocenters. The quantitative estimate of drug-likeness (QED) is 0.348. The van der Waals surface area contributed by atoms with Gasteiger partial charge in [0.05, 0.1) is 6.10 Å². The van der Waals surface area contributed by atoms with Crippen LogP contribution in [0.4, 0.5) is 0 Å². The molecular weight excluding hydrogens is 148 g/mol. The van der Waals surface area contributed by atoms with E-state index in [0.717, 1.165) is 0 Å². The van der Waals surface area contributed by atoms with E-state index in [1.807, 2.05) is 0 Å². The fraction of sp³-hybridized carbons (Fsp3) is 1.00. The van der Waals surface area contributed by atoms with Crippen LogP contribution in [-0.2, 0) is 4.74 Å². The standard InChI is InChI=1S/C6H14N2O3/c7-2-4-6(10)3(8)1-5(9)11-4/h3-6,9-10H,1-2,7-8H2/t3-,4+,5+,6-/m0/s1. The van der Waals surface area contributed by atoms with Crippen LogP contribution < -0.4 is 11.5 Å². The van der Waals surface area contributed by atoms with E-state index < -0.39 is 24.5 Å². The Balaban J connectivity index is 2.51. The summed E-state index contributed by atoms with van der Waals surface area (Å²) in [4.78, 5) is 0. The van der Waals surface area contributed by atoms with Crippen molar-refractivity contribution >= 4 is 0 Å². The van der Waals surface area contributed by atoms with Crippen LogP contribution in [0, 0.1) is 0 Å². The molecule has 1 aliphatic rings. The molecule has 0 amide bonds. The topological polar surface area (TPSA) is 102 Å². The SMILES string of the molecule is NC[C@H]1O[C@@H](O)C[C@H](N)[C@@H]1O. The molecule has 0 aromatic carbocycles. The molecule has 6 N–H and O–H groups in total. The molecule has 0 aromatic heterocycles. The van der Waals surface area contributed by atoms with Crippen molar-refractivity contribution in [3.63, 3.8) is 0 Å². The normalized spacial score (nSPS) is 45.8. The lowest BCUT2D eigenvalue weighted by Gasteiger charge is -2.34. The molecule has 0 saturated carbocycles. The Labute approximate surface area is 64.9 Å². The zero-order valence-electron chi connectivity index (χ0n) is 6.18. The number of hydrogen-bond acceptors (Lipinski definition) is 5. The van der Waals surface area contributed by atoms with Crippen molar-refractivity contribution in [1.82, 2.24) is 0 Å². The summed E-state index contributed by atoms with van der Waals surface area (Å²) in [5.41, 5.74) is 10.8. The van der Waals surface area contributed by atoms with Crippen LogP contribution in [-0.4, -0.2) is 41.3 Å². The Bertz CT molecular complexity index is 133. The van der Waals surface area contributed by atoms with Crippen molar-refractivity contribution in [3.05, 3.63) is 0 Å². The molecule has 1 fully saturated rings. The van der Waals surface area contributed by atoms with Crippen molar-refractivity contribution in [1.29, 1.82) is 0 Å². The summed E-state index contributed by atoms with van der Waals surface area (Å²) in [7, 11) is 0. The molecule has 0 spiro atoms. The maximum Gasteiger partial charge on any atom is 0.156 e. The Morgan fingerprint density at radius 1 is 1.45 bits per heavy atom. The van der Waals surface area contributed by atoms with Gasteiger partial charge in [0.2, 0.25) is 0 Å². The highest BCUT2D eigenvalue weighted by atomic mass is 16.6. The average Bonchev–Trinajstić information content (AvgIpc) is 1.96. The zero-order chi connectivity index (χ0) is 8.43. The maximum atomic E-state index is 9.31. The van der Waals surface area contributed by atoms with Gasteiger partial charge in [-0.05, 0) is 0 Å². The fourth-order valence-electron chi connectivity index (χ4n) is 1.18. The van der Waals surface area contributed by atoms with E-state index in [0.29, 0.717) is 0 Å². The molecule has 1 aliphatic heterocycles. The second-order valence-corrected chi connectivity index (χ2v) is 2.76. The Kier molecular flexibility index (Phi) is 2.80. The molecule has 0 unspecified atom stereocenters. The second kappa shape index (κ2) is 3.46. The number of rotatable bonds is 1. The summed E-state index contributed by atoms with van der Waals surface area (Å²) < 4.78 is 4.92. The monoisotopic (exact) mass is 162 g/mol. The number of aliphatic hydroxyl groups is 2. The van der Waals surface area contributed by atoms with Gasteiger partial charge in [-0.1, -0.05) is 0 Å². The highest BCUT2D eigenvalue weighted by Gasteiger charge is 2.33. The summed E-state index contributed by atoms with van der Waals surface area (Å²) in [5.74, 6) is 0. The molecule has 1 saturated heterocycles. The molecule has 0 aliphatic carbocycles. The second-order valence-electron chi connectivity index (χ2n) is 2.76. The predicted molar refractivity (Wildman–Crippen MR) is 38.5 cm³/mol. The number of aliphatic hydroxyl groups excluding tert-OH is 2. The third kappa shape index (κ3) is 1.88. The van der Waals surface area contributed by atoms with Crippen LogP contribution in [0.5, 0.6) is 0 Å². The molecular formula is C6H14N2O3. The molecule has 1 rings (SSSR count). The number of hydrogen-bond donors (Lipinski definition) is 4. The van der Waals surface area contributed by atoms with Crippen molar-refractivity contribution < 1.29 is 14.9 Å². The first-order valence-corrected chi connectivity index (χ1v) is 3.62. The van der Waals surface area contributed by atoms with Gasteiger partial charge < -0.3 is 26.4 Å². The van der Waals surface area contributed by atoms with Gasteiger partial charge in [0.15, 0.2) is 6.29 Å². The lowest BCUT2D eigenvalue weighted by atomic mass is 10.00. The smallest absolute Gasteiger partial charge is 0.156 e. The van der Waals surface area contributed by atoms with Crippen molar-refractivity contribution in [3.8, 4) is 0 Å². The van der Waals surface area contributed by atoms with Crippen molar-refractivity contribution in [2.24, 2.45) is 11.5 Å². The van der Waals surface area contributed by atoms with Gasteiger partial charge in [-0.2, -0.15) is 0 Å². The molecule has 11 heavy (non-hydrogen) atoms. The van der Waals surface area contributed by atoms with Crippen molar-refractivity contribution in [2.75, 3.05) is 6.54 Å². The molecule has 5 heteroatoms. The lowest BCUT2D eigenvalue weighted by molar-refractivity contribution is -0.201. The molecule has 0 bridgehead atoms. The maximum absolute atomic E-state index is 9.31. The zero-order valence-corrected chi connectivity index (χ0v) is 6.18. The van der Waals surface area contributed by atoms with Crippen LogP contribution in [0.3, 0.4) is 0 Å². The van der Waals surface area contributed by atoms with Gasteiger partial charge in [-0.25, -0.2) is 0 Å². The van der Waals surface area contributed by atoms with E-state index in [9.17, 15) is 5.11 Å². The average molecular weight is 162 g/mol. The Morgan fingerprint density at radius 2 is 2.09 bits per heavy atom. The van der Waals surface area contributed by atoms with E-state index in [1.165, 1.54) is 0 Å². The predicted octanol–water partition coefficient (Wildman–Crippen LogP) is -2.26. The molecule has 0 aromatic rings. The first-order chi connectivity index (χ1) is 5.15. The third-order valence-corrected chi connectivity index (χ3v) is 1.86. The summed E-state index contributed by atoms with van der Waals surface area (Å²) in [6, 6.07) is -0.438. The Morgan fingerprint density at radius 3 is 2.64 bits per heavy atom. The lowest BCUT2D eigenvalue weighted by Crippen LogP contribution is -2.54.